The van der Waals surface area contributed by atoms with E-state index in [1.54, 1.807) is 42.5 Å². The van der Waals surface area contributed by atoms with E-state index in [-0.39, 0.29) is 47.7 Å². The smallest absolute Gasteiger partial charge is 0.426 e. The minimum Gasteiger partial charge on any atom is -0.426 e. The maximum absolute atomic E-state index is 11.7. The highest BCUT2D eigenvalue weighted by atomic mass is 16.7. The lowest BCUT2D eigenvalue weighted by atomic mass is 10.1. The van der Waals surface area contributed by atoms with E-state index in [2.05, 4.69) is 4.42 Å². The van der Waals surface area contributed by atoms with Gasteiger partial charge in [-0.1, -0.05) is 60.7 Å². The Morgan fingerprint density at radius 1 is 0.750 bits per heavy atom. The summed E-state index contributed by atoms with van der Waals surface area (Å²) in [4.78, 5) is 43.9. The zero-order chi connectivity index (χ0) is 28.5. The van der Waals surface area contributed by atoms with Crippen LogP contribution in [-0.2, 0) is 18.0 Å². The molecule has 0 fully saturated rings. The van der Waals surface area contributed by atoms with Crippen LogP contribution in [0.3, 0.4) is 0 Å². The Morgan fingerprint density at radius 2 is 1.25 bits per heavy atom. The molecule has 5 rings (SSSR count). The van der Waals surface area contributed by atoms with Crippen LogP contribution in [0.25, 0.3) is 22.6 Å². The van der Waals surface area contributed by atoms with Gasteiger partial charge in [-0.3, -0.25) is 10.1 Å². The van der Waals surface area contributed by atoms with Gasteiger partial charge < -0.3 is 32.2 Å². The van der Waals surface area contributed by atoms with E-state index in [9.17, 15) is 24.5 Å². The summed E-state index contributed by atoms with van der Waals surface area (Å²) < 4.78 is 29.1. The quantitative estimate of drug-likeness (QED) is 0.125. The third kappa shape index (κ3) is 6.99. The van der Waals surface area contributed by atoms with Crippen LogP contribution in [0.15, 0.2) is 112 Å². The standard InChI is InChI=1S/C17H11NO8.C10H8O4/c19-16(24-13-8-6-12(7-9-13)18(21)22)23-10-14-15(26-17(20)25-14)11-4-2-1-3-5-11;11-6-8-9(14-10(12)13-8)7-4-2-1-3-5-7/h1-9H,10H2;1-5,11H,6H2. The lowest BCUT2D eigenvalue weighted by Crippen LogP contribution is -2.10. The van der Waals surface area contributed by atoms with Crippen molar-refractivity contribution in [3.63, 3.8) is 0 Å². The van der Waals surface area contributed by atoms with E-state index >= 15 is 0 Å². The molecule has 0 aliphatic heterocycles. The first-order valence-corrected chi connectivity index (χ1v) is 11.4. The number of benzene rings is 3. The molecule has 5 aromatic rings. The second-order valence-corrected chi connectivity index (χ2v) is 7.69. The van der Waals surface area contributed by atoms with Gasteiger partial charge in [-0.05, 0) is 12.1 Å². The topological polar surface area (TPSA) is 186 Å². The summed E-state index contributed by atoms with van der Waals surface area (Å²) in [6.45, 7) is -0.738. The number of hydrogen-bond donors (Lipinski definition) is 1. The second kappa shape index (κ2) is 12.7. The number of aliphatic hydroxyl groups is 1. The van der Waals surface area contributed by atoms with E-state index < -0.39 is 22.7 Å². The van der Waals surface area contributed by atoms with Gasteiger partial charge in [0.05, 0.1) is 4.92 Å². The van der Waals surface area contributed by atoms with Crippen LogP contribution in [0.5, 0.6) is 5.75 Å². The summed E-state index contributed by atoms with van der Waals surface area (Å²) in [7, 11) is 0. The predicted octanol–water partition coefficient (Wildman–Crippen LogP) is 4.92. The van der Waals surface area contributed by atoms with Crippen LogP contribution in [0.4, 0.5) is 10.5 Å². The molecule has 3 aromatic carbocycles. The molecule has 1 N–H and O–H groups in total. The van der Waals surface area contributed by atoms with Crippen LogP contribution < -0.4 is 16.4 Å². The number of nitro groups is 1. The zero-order valence-electron chi connectivity index (χ0n) is 20.4. The Labute approximate surface area is 223 Å². The van der Waals surface area contributed by atoms with Gasteiger partial charge in [0.25, 0.3) is 5.69 Å². The van der Waals surface area contributed by atoms with Crippen LogP contribution in [0.2, 0.25) is 0 Å². The molecule has 0 saturated carbocycles. The molecule has 0 unspecified atom stereocenters. The molecule has 0 saturated heterocycles. The van der Waals surface area contributed by atoms with Crippen molar-refractivity contribution in [2.24, 2.45) is 0 Å². The molecule has 0 radical (unpaired) electrons. The maximum Gasteiger partial charge on any atom is 0.519 e. The number of rotatable bonds is 7. The van der Waals surface area contributed by atoms with Gasteiger partial charge in [-0.2, -0.15) is 0 Å². The van der Waals surface area contributed by atoms with Gasteiger partial charge >= 0.3 is 17.8 Å². The van der Waals surface area contributed by atoms with E-state index in [4.69, 9.17) is 27.8 Å². The number of carbonyl (C=O) groups is 1. The van der Waals surface area contributed by atoms with Crippen LogP contribution in [0.1, 0.15) is 11.5 Å². The molecular weight excluding hydrogens is 530 g/mol. The number of carbonyl (C=O) groups excluding carboxylic acids is 1. The molecule has 13 heteroatoms. The molecular formula is C27H19NO12. The van der Waals surface area contributed by atoms with Gasteiger partial charge in [0.2, 0.25) is 0 Å². The Bertz CT molecular complexity index is 1680. The normalized spacial score (nSPS) is 10.3. The second-order valence-electron chi connectivity index (χ2n) is 7.69. The number of hydrogen-bond acceptors (Lipinski definition) is 12. The van der Waals surface area contributed by atoms with Crippen molar-refractivity contribution in [1.29, 1.82) is 0 Å². The molecule has 0 spiro atoms. The fourth-order valence-corrected chi connectivity index (χ4v) is 3.32. The van der Waals surface area contributed by atoms with Crippen LogP contribution in [-0.4, -0.2) is 16.2 Å². The summed E-state index contributed by atoms with van der Waals surface area (Å²) in [5.74, 6) is -1.03. The van der Waals surface area contributed by atoms with Crippen molar-refractivity contribution in [3.8, 4) is 28.4 Å². The summed E-state index contributed by atoms with van der Waals surface area (Å²) >= 11 is 0. The first-order valence-electron chi connectivity index (χ1n) is 11.4. The Morgan fingerprint density at radius 3 is 1.75 bits per heavy atom. The van der Waals surface area contributed by atoms with Crippen LogP contribution >= 0.6 is 0 Å². The van der Waals surface area contributed by atoms with Crippen molar-refractivity contribution in [3.05, 3.63) is 128 Å². The predicted molar refractivity (Wildman–Crippen MR) is 135 cm³/mol. The van der Waals surface area contributed by atoms with E-state index in [1.807, 2.05) is 18.2 Å². The molecule has 2 aromatic heterocycles. The number of aliphatic hydroxyl groups excluding tert-OH is 1. The van der Waals surface area contributed by atoms with Crippen molar-refractivity contribution in [2.45, 2.75) is 13.2 Å². The fourth-order valence-electron chi connectivity index (χ4n) is 3.32. The van der Waals surface area contributed by atoms with E-state index in [0.717, 1.165) is 0 Å². The summed E-state index contributed by atoms with van der Waals surface area (Å²) in [5, 5.41) is 19.5. The minimum absolute atomic E-state index is 0.0295. The Balaban J connectivity index is 0.000000222. The zero-order valence-corrected chi connectivity index (χ0v) is 20.4. The number of nitrogens with zero attached hydrogens (tertiary/aromatic N) is 1. The Hall–Kier alpha value is -5.69. The third-order valence-corrected chi connectivity index (χ3v) is 5.08. The van der Waals surface area contributed by atoms with Gasteiger partial charge in [-0.25, -0.2) is 14.4 Å². The third-order valence-electron chi connectivity index (χ3n) is 5.08. The molecule has 0 atom stereocenters. The highest BCUT2D eigenvalue weighted by Crippen LogP contribution is 2.24. The summed E-state index contributed by atoms with van der Waals surface area (Å²) in [6.07, 6.45) is -1.07. The van der Waals surface area contributed by atoms with E-state index in [1.165, 1.54) is 24.3 Å². The number of ether oxygens (including phenoxy) is 2. The fraction of sp³-hybridized carbons (Fsp3) is 0.0741. The largest absolute Gasteiger partial charge is 0.519 e. The van der Waals surface area contributed by atoms with E-state index in [0.29, 0.717) is 11.1 Å². The molecule has 0 aliphatic rings. The highest BCUT2D eigenvalue weighted by molar-refractivity contribution is 5.64. The molecule has 204 valence electrons. The Kier molecular flexibility index (Phi) is 8.69. The average Bonchev–Trinajstić information content (AvgIpc) is 3.55. The van der Waals surface area contributed by atoms with Gasteiger partial charge in [-0.15, -0.1) is 0 Å². The lowest BCUT2D eigenvalue weighted by Gasteiger charge is -2.05. The lowest BCUT2D eigenvalue weighted by molar-refractivity contribution is -0.384. The van der Waals surface area contributed by atoms with Crippen molar-refractivity contribution >= 4 is 11.8 Å². The highest BCUT2D eigenvalue weighted by Gasteiger charge is 2.18. The SMILES string of the molecule is O=C(OCc1oc(=O)oc1-c1ccccc1)Oc1ccc([N+](=O)[O-])cc1.O=c1oc(CO)c(-c2ccccc2)o1. The summed E-state index contributed by atoms with van der Waals surface area (Å²) in [5.41, 5.74) is 1.15. The molecule has 13 nitrogen and oxygen atoms in total. The molecule has 40 heavy (non-hydrogen) atoms. The monoisotopic (exact) mass is 549 g/mol. The van der Waals surface area contributed by atoms with Crippen molar-refractivity contribution in [2.75, 3.05) is 0 Å². The van der Waals surface area contributed by atoms with Crippen LogP contribution in [0, 0.1) is 10.1 Å². The molecule has 2 heterocycles. The number of non-ortho nitro benzene ring substituents is 1. The average molecular weight is 549 g/mol. The van der Waals surface area contributed by atoms with Gasteiger partial charge in [0, 0.05) is 23.3 Å². The summed E-state index contributed by atoms with van der Waals surface area (Å²) in [6, 6.07) is 22.6. The molecule has 0 bridgehead atoms. The van der Waals surface area contributed by atoms with Gasteiger partial charge in [0.15, 0.2) is 29.6 Å². The molecule has 0 amide bonds. The maximum atomic E-state index is 11.7. The number of nitro benzene ring substituents is 1. The minimum atomic E-state index is -1.07. The first-order chi connectivity index (χ1) is 19.3. The van der Waals surface area contributed by atoms with Gasteiger partial charge in [0.1, 0.15) is 12.4 Å². The first kappa shape index (κ1) is 27.3. The van der Waals surface area contributed by atoms with Crippen molar-refractivity contribution in [1.82, 2.24) is 0 Å². The molecule has 0 aliphatic carbocycles. The van der Waals surface area contributed by atoms with Crippen molar-refractivity contribution < 1.29 is 42.0 Å².